The van der Waals surface area contributed by atoms with E-state index in [1.807, 2.05) is 24.3 Å². The highest BCUT2D eigenvalue weighted by Crippen LogP contribution is 2.13. The Bertz CT molecular complexity index is 226. The molecule has 0 bridgehead atoms. The molecule has 0 saturated carbocycles. The summed E-state index contributed by atoms with van der Waals surface area (Å²) in [5.74, 6) is 0.710. The maximum absolute atomic E-state index is 8.91. The van der Waals surface area contributed by atoms with E-state index in [-0.39, 0.29) is 0 Å². The van der Waals surface area contributed by atoms with Gasteiger partial charge in [-0.3, -0.25) is 0 Å². The lowest BCUT2D eigenvalue weighted by Gasteiger charge is -2.08. The van der Waals surface area contributed by atoms with E-state index in [0.717, 1.165) is 6.42 Å². The molecular formula is C10H14O2. The Kier molecular flexibility index (Phi) is 3.11. The average Bonchev–Trinajstić information content (AvgIpc) is 2.05. The molecule has 0 saturated heterocycles. The number of ether oxygens (including phenoxy) is 1. The van der Waals surface area contributed by atoms with Crippen LogP contribution in [0.2, 0.25) is 0 Å². The zero-order chi connectivity index (χ0) is 8.97. The van der Waals surface area contributed by atoms with Crippen molar-refractivity contribution in [2.24, 2.45) is 0 Å². The summed E-state index contributed by atoms with van der Waals surface area (Å²) in [5, 5.41) is 8.91. The normalized spacial score (nSPS) is 12.6. The smallest absolute Gasteiger partial charge is 0.194 e. The number of aliphatic hydroxyl groups is 1. The number of hydrogen-bond donors (Lipinski definition) is 1. The van der Waals surface area contributed by atoms with Crippen LogP contribution in [-0.4, -0.2) is 11.4 Å². The minimum Gasteiger partial charge on any atom is -0.465 e. The van der Waals surface area contributed by atoms with Crippen molar-refractivity contribution in [1.29, 1.82) is 0 Å². The summed E-state index contributed by atoms with van der Waals surface area (Å²) in [6.07, 6.45) is 0.284. The van der Waals surface area contributed by atoms with Crippen LogP contribution >= 0.6 is 0 Å². The molecule has 12 heavy (non-hydrogen) atoms. The van der Waals surface area contributed by atoms with Crippen molar-refractivity contribution >= 4 is 0 Å². The molecule has 0 radical (unpaired) electrons. The van der Waals surface area contributed by atoms with Gasteiger partial charge in [-0.05, 0) is 31.0 Å². The molecule has 66 valence electrons. The van der Waals surface area contributed by atoms with E-state index < -0.39 is 6.29 Å². The van der Waals surface area contributed by atoms with Crippen molar-refractivity contribution in [3.05, 3.63) is 29.8 Å². The zero-order valence-corrected chi connectivity index (χ0v) is 7.45. The van der Waals surface area contributed by atoms with Crippen LogP contribution in [0.15, 0.2) is 24.3 Å². The van der Waals surface area contributed by atoms with Crippen molar-refractivity contribution < 1.29 is 9.84 Å². The molecule has 1 aromatic carbocycles. The molecule has 0 amide bonds. The van der Waals surface area contributed by atoms with E-state index >= 15 is 0 Å². The molecule has 0 aliphatic heterocycles. The average molecular weight is 166 g/mol. The second-order valence-electron chi connectivity index (χ2n) is 2.71. The van der Waals surface area contributed by atoms with Crippen LogP contribution < -0.4 is 4.74 Å². The monoisotopic (exact) mass is 166 g/mol. The van der Waals surface area contributed by atoms with Crippen LogP contribution in [0, 0.1) is 0 Å². The highest BCUT2D eigenvalue weighted by Gasteiger charge is 1.97. The summed E-state index contributed by atoms with van der Waals surface area (Å²) in [6, 6.07) is 7.73. The first kappa shape index (κ1) is 9.07. The first-order valence-corrected chi connectivity index (χ1v) is 4.16. The highest BCUT2D eigenvalue weighted by atomic mass is 16.6. The summed E-state index contributed by atoms with van der Waals surface area (Å²) in [4.78, 5) is 0. The van der Waals surface area contributed by atoms with E-state index in [4.69, 9.17) is 9.84 Å². The molecule has 2 nitrogen and oxygen atoms in total. The minimum absolute atomic E-state index is 0.710. The summed E-state index contributed by atoms with van der Waals surface area (Å²) in [5.41, 5.74) is 1.27. The molecule has 0 heterocycles. The number of benzene rings is 1. The third kappa shape index (κ3) is 2.55. The topological polar surface area (TPSA) is 29.5 Å². The van der Waals surface area contributed by atoms with Crippen molar-refractivity contribution in [1.82, 2.24) is 0 Å². The molecule has 0 spiro atoms. The maximum Gasteiger partial charge on any atom is 0.194 e. The van der Waals surface area contributed by atoms with Crippen LogP contribution in [0.3, 0.4) is 0 Å². The Morgan fingerprint density at radius 2 is 1.92 bits per heavy atom. The number of rotatable bonds is 3. The lowest BCUT2D eigenvalue weighted by atomic mass is 10.2. The molecule has 1 aromatic rings. The lowest BCUT2D eigenvalue weighted by molar-refractivity contribution is -0.000300. The summed E-state index contributed by atoms with van der Waals surface area (Å²) < 4.78 is 5.07. The van der Waals surface area contributed by atoms with Gasteiger partial charge in [-0.1, -0.05) is 19.1 Å². The molecular weight excluding hydrogens is 152 g/mol. The van der Waals surface area contributed by atoms with Crippen molar-refractivity contribution in [3.63, 3.8) is 0 Å². The predicted octanol–water partition coefficient (Wildman–Crippen LogP) is 1.97. The molecule has 1 unspecified atom stereocenters. The van der Waals surface area contributed by atoms with Gasteiger partial charge in [-0.15, -0.1) is 0 Å². The first-order chi connectivity index (χ1) is 5.72. The van der Waals surface area contributed by atoms with Gasteiger partial charge in [0.05, 0.1) is 0 Å². The Morgan fingerprint density at radius 1 is 1.33 bits per heavy atom. The van der Waals surface area contributed by atoms with Crippen LogP contribution in [-0.2, 0) is 6.42 Å². The summed E-state index contributed by atoms with van der Waals surface area (Å²) >= 11 is 0. The first-order valence-electron chi connectivity index (χ1n) is 4.16. The zero-order valence-electron chi connectivity index (χ0n) is 7.45. The van der Waals surface area contributed by atoms with Gasteiger partial charge in [0.1, 0.15) is 5.75 Å². The van der Waals surface area contributed by atoms with Crippen LogP contribution in [0.4, 0.5) is 0 Å². The fraction of sp³-hybridized carbons (Fsp3) is 0.400. The van der Waals surface area contributed by atoms with Gasteiger partial charge in [0.2, 0.25) is 0 Å². The van der Waals surface area contributed by atoms with E-state index in [1.165, 1.54) is 5.56 Å². The van der Waals surface area contributed by atoms with Gasteiger partial charge in [0, 0.05) is 0 Å². The molecule has 0 aliphatic carbocycles. The van der Waals surface area contributed by atoms with E-state index in [0.29, 0.717) is 5.75 Å². The largest absolute Gasteiger partial charge is 0.465 e. The summed E-state index contributed by atoms with van der Waals surface area (Å²) in [7, 11) is 0. The second kappa shape index (κ2) is 4.12. The molecule has 1 atom stereocenters. The van der Waals surface area contributed by atoms with Crippen LogP contribution in [0.5, 0.6) is 5.75 Å². The van der Waals surface area contributed by atoms with Gasteiger partial charge in [-0.2, -0.15) is 0 Å². The van der Waals surface area contributed by atoms with E-state index in [9.17, 15) is 0 Å². The predicted molar refractivity (Wildman–Crippen MR) is 48.1 cm³/mol. The third-order valence-corrected chi connectivity index (χ3v) is 1.64. The molecule has 0 aromatic heterocycles. The Hall–Kier alpha value is -1.02. The Morgan fingerprint density at radius 3 is 2.33 bits per heavy atom. The van der Waals surface area contributed by atoms with Crippen LogP contribution in [0.1, 0.15) is 19.4 Å². The van der Waals surface area contributed by atoms with Gasteiger partial charge >= 0.3 is 0 Å². The number of hydrogen-bond acceptors (Lipinski definition) is 2. The van der Waals surface area contributed by atoms with Crippen molar-refractivity contribution in [2.75, 3.05) is 0 Å². The minimum atomic E-state index is -0.738. The van der Waals surface area contributed by atoms with Gasteiger partial charge in [0.25, 0.3) is 0 Å². The molecule has 1 rings (SSSR count). The lowest BCUT2D eigenvalue weighted by Crippen LogP contribution is -2.09. The maximum atomic E-state index is 8.91. The third-order valence-electron chi connectivity index (χ3n) is 1.64. The highest BCUT2D eigenvalue weighted by molar-refractivity contribution is 5.27. The quantitative estimate of drug-likeness (QED) is 0.695. The SMILES string of the molecule is CCc1ccc(OC(C)O)cc1. The number of aliphatic hydroxyl groups excluding tert-OH is 1. The molecule has 1 N–H and O–H groups in total. The number of aryl methyl sites for hydroxylation is 1. The van der Waals surface area contributed by atoms with E-state index in [1.54, 1.807) is 6.92 Å². The van der Waals surface area contributed by atoms with Crippen LogP contribution in [0.25, 0.3) is 0 Å². The Balaban J connectivity index is 2.65. The fourth-order valence-corrected chi connectivity index (χ4v) is 1.00. The van der Waals surface area contributed by atoms with Crippen molar-refractivity contribution in [2.45, 2.75) is 26.6 Å². The summed E-state index contributed by atoms with van der Waals surface area (Å²) in [6.45, 7) is 3.69. The molecule has 0 fully saturated rings. The van der Waals surface area contributed by atoms with E-state index in [2.05, 4.69) is 6.92 Å². The Labute approximate surface area is 72.8 Å². The van der Waals surface area contributed by atoms with Crippen molar-refractivity contribution in [3.8, 4) is 5.75 Å². The van der Waals surface area contributed by atoms with Gasteiger partial charge in [0.15, 0.2) is 6.29 Å². The van der Waals surface area contributed by atoms with Gasteiger partial charge < -0.3 is 9.84 Å². The standard InChI is InChI=1S/C10H14O2/c1-3-9-4-6-10(7-5-9)12-8(2)11/h4-8,11H,3H2,1-2H3. The molecule has 0 aliphatic rings. The fourth-order valence-electron chi connectivity index (χ4n) is 1.00. The second-order valence-corrected chi connectivity index (χ2v) is 2.71. The molecule has 2 heteroatoms. The van der Waals surface area contributed by atoms with Gasteiger partial charge in [-0.25, -0.2) is 0 Å².